The minimum Gasteiger partial charge on any atom is -0.353 e. The lowest BCUT2D eigenvalue weighted by Crippen LogP contribution is -2.48. The summed E-state index contributed by atoms with van der Waals surface area (Å²) in [6.07, 6.45) is 7.09. The summed E-state index contributed by atoms with van der Waals surface area (Å²) >= 11 is 0. The topological polar surface area (TPSA) is 74.3 Å². The first-order chi connectivity index (χ1) is 10.6. The summed E-state index contributed by atoms with van der Waals surface area (Å²) in [5, 5.41) is 6.02. The van der Waals surface area contributed by atoms with Crippen molar-refractivity contribution < 1.29 is 9.59 Å². The van der Waals surface area contributed by atoms with Crippen molar-refractivity contribution in [3.63, 3.8) is 0 Å². The molecule has 0 aromatic carbocycles. The zero-order valence-electron chi connectivity index (χ0n) is 12.8. The van der Waals surface area contributed by atoms with Gasteiger partial charge in [0.2, 0.25) is 5.91 Å². The highest BCUT2D eigenvalue weighted by Gasteiger charge is 2.32. The molecule has 1 saturated carbocycles. The SMILES string of the molecule is Cc1cnccc1NC(=O)N1CCC(NC(=O)C2CC2)CC1. The zero-order chi connectivity index (χ0) is 15.5. The van der Waals surface area contributed by atoms with E-state index in [1.807, 2.05) is 6.92 Å². The molecule has 118 valence electrons. The molecule has 0 radical (unpaired) electrons. The number of pyridine rings is 1. The Hall–Kier alpha value is -2.11. The van der Waals surface area contributed by atoms with Gasteiger partial charge in [0.25, 0.3) is 0 Å². The maximum Gasteiger partial charge on any atom is 0.321 e. The van der Waals surface area contributed by atoms with Gasteiger partial charge in [0, 0.05) is 43.1 Å². The lowest BCUT2D eigenvalue weighted by molar-refractivity contribution is -0.123. The number of nitrogens with one attached hydrogen (secondary N) is 2. The number of aryl methyl sites for hydroxylation is 1. The number of anilines is 1. The minimum absolute atomic E-state index is 0.0822. The van der Waals surface area contributed by atoms with Gasteiger partial charge in [0.05, 0.1) is 0 Å². The van der Waals surface area contributed by atoms with Crippen LogP contribution in [-0.4, -0.2) is 41.0 Å². The van der Waals surface area contributed by atoms with Crippen LogP contribution in [0.2, 0.25) is 0 Å². The van der Waals surface area contributed by atoms with E-state index in [1.54, 1.807) is 23.4 Å². The second kappa shape index (κ2) is 6.34. The number of hydrogen-bond acceptors (Lipinski definition) is 3. The van der Waals surface area contributed by atoms with Crippen molar-refractivity contribution in [2.75, 3.05) is 18.4 Å². The van der Waals surface area contributed by atoms with Crippen LogP contribution in [0.15, 0.2) is 18.5 Å². The quantitative estimate of drug-likeness (QED) is 0.895. The molecule has 1 saturated heterocycles. The molecule has 1 aliphatic heterocycles. The molecule has 1 aromatic heterocycles. The lowest BCUT2D eigenvalue weighted by atomic mass is 10.1. The Morgan fingerprint density at radius 2 is 1.95 bits per heavy atom. The second-order valence-electron chi connectivity index (χ2n) is 6.16. The van der Waals surface area contributed by atoms with Crippen LogP contribution in [0.25, 0.3) is 0 Å². The van der Waals surface area contributed by atoms with Crippen LogP contribution < -0.4 is 10.6 Å². The Balaban J connectivity index is 1.47. The Kier molecular flexibility index (Phi) is 4.27. The molecule has 2 aliphatic rings. The molecule has 0 unspecified atom stereocenters. The first-order valence-corrected chi connectivity index (χ1v) is 7.90. The smallest absolute Gasteiger partial charge is 0.321 e. The minimum atomic E-state index is -0.0822. The summed E-state index contributed by atoms with van der Waals surface area (Å²) in [7, 11) is 0. The molecule has 6 nitrogen and oxygen atoms in total. The average Bonchev–Trinajstić information content (AvgIpc) is 3.35. The van der Waals surface area contributed by atoms with E-state index in [9.17, 15) is 9.59 Å². The third-order valence-corrected chi connectivity index (χ3v) is 4.34. The van der Waals surface area contributed by atoms with Gasteiger partial charge in [-0.25, -0.2) is 4.79 Å². The molecule has 2 fully saturated rings. The van der Waals surface area contributed by atoms with E-state index >= 15 is 0 Å². The summed E-state index contributed by atoms with van der Waals surface area (Å²) < 4.78 is 0. The molecule has 22 heavy (non-hydrogen) atoms. The second-order valence-corrected chi connectivity index (χ2v) is 6.16. The summed E-state index contributed by atoms with van der Waals surface area (Å²) in [5.74, 6) is 0.436. The van der Waals surface area contributed by atoms with Crippen LogP contribution >= 0.6 is 0 Å². The largest absolute Gasteiger partial charge is 0.353 e. The van der Waals surface area contributed by atoms with Crippen molar-refractivity contribution in [3.8, 4) is 0 Å². The number of piperidine rings is 1. The highest BCUT2D eigenvalue weighted by Crippen LogP contribution is 2.29. The van der Waals surface area contributed by atoms with E-state index in [0.717, 1.165) is 36.9 Å². The van der Waals surface area contributed by atoms with Gasteiger partial charge in [-0.1, -0.05) is 0 Å². The monoisotopic (exact) mass is 302 g/mol. The summed E-state index contributed by atoms with van der Waals surface area (Å²) in [4.78, 5) is 29.9. The Morgan fingerprint density at radius 3 is 2.59 bits per heavy atom. The number of rotatable bonds is 3. The highest BCUT2D eigenvalue weighted by molar-refractivity contribution is 5.90. The molecule has 2 heterocycles. The van der Waals surface area contributed by atoms with Crippen LogP contribution in [-0.2, 0) is 4.79 Å². The van der Waals surface area contributed by atoms with E-state index in [2.05, 4.69) is 15.6 Å². The maximum atomic E-state index is 12.3. The van der Waals surface area contributed by atoms with Gasteiger partial charge in [0.1, 0.15) is 0 Å². The molecule has 6 heteroatoms. The third kappa shape index (κ3) is 3.55. The van der Waals surface area contributed by atoms with Crippen LogP contribution in [0.3, 0.4) is 0 Å². The molecule has 1 aliphatic carbocycles. The van der Waals surface area contributed by atoms with Crippen molar-refractivity contribution >= 4 is 17.6 Å². The normalized spacial score (nSPS) is 18.9. The number of likely N-dealkylation sites (tertiary alicyclic amines) is 1. The van der Waals surface area contributed by atoms with Gasteiger partial charge in [-0.05, 0) is 44.2 Å². The highest BCUT2D eigenvalue weighted by atomic mass is 16.2. The molecular formula is C16H22N4O2. The number of hydrogen-bond donors (Lipinski definition) is 2. The van der Waals surface area contributed by atoms with E-state index in [1.165, 1.54) is 0 Å². The Morgan fingerprint density at radius 1 is 1.23 bits per heavy atom. The zero-order valence-corrected chi connectivity index (χ0v) is 12.8. The van der Waals surface area contributed by atoms with E-state index in [-0.39, 0.29) is 23.9 Å². The summed E-state index contributed by atoms with van der Waals surface area (Å²) in [5.41, 5.74) is 1.74. The van der Waals surface area contributed by atoms with Crippen LogP contribution in [0.1, 0.15) is 31.2 Å². The molecule has 3 rings (SSSR count). The van der Waals surface area contributed by atoms with E-state index in [4.69, 9.17) is 0 Å². The predicted octanol–water partition coefficient (Wildman–Crippen LogP) is 1.91. The number of carbonyl (C=O) groups excluding carboxylic acids is 2. The van der Waals surface area contributed by atoms with Gasteiger partial charge in [-0.3, -0.25) is 9.78 Å². The van der Waals surface area contributed by atoms with E-state index in [0.29, 0.717) is 13.1 Å². The van der Waals surface area contributed by atoms with Crippen molar-refractivity contribution in [3.05, 3.63) is 24.0 Å². The number of amides is 3. The van der Waals surface area contributed by atoms with E-state index < -0.39 is 0 Å². The fourth-order valence-corrected chi connectivity index (χ4v) is 2.70. The van der Waals surface area contributed by atoms with Crippen LogP contribution in [0, 0.1) is 12.8 Å². The maximum absolute atomic E-state index is 12.3. The third-order valence-electron chi connectivity index (χ3n) is 4.34. The van der Waals surface area contributed by atoms with Gasteiger partial charge in [-0.15, -0.1) is 0 Å². The average molecular weight is 302 g/mol. The number of urea groups is 1. The first-order valence-electron chi connectivity index (χ1n) is 7.90. The molecular weight excluding hydrogens is 280 g/mol. The van der Waals surface area contributed by atoms with Gasteiger partial charge in [-0.2, -0.15) is 0 Å². The molecule has 0 spiro atoms. The van der Waals surface area contributed by atoms with Crippen LogP contribution in [0.4, 0.5) is 10.5 Å². The van der Waals surface area contributed by atoms with Crippen LogP contribution in [0.5, 0.6) is 0 Å². The van der Waals surface area contributed by atoms with Crippen molar-refractivity contribution in [2.24, 2.45) is 5.92 Å². The summed E-state index contributed by atoms with van der Waals surface area (Å²) in [6.45, 7) is 3.26. The van der Waals surface area contributed by atoms with Gasteiger partial charge in [0.15, 0.2) is 0 Å². The fourth-order valence-electron chi connectivity index (χ4n) is 2.70. The molecule has 0 bridgehead atoms. The predicted molar refractivity (Wildman–Crippen MR) is 83.5 cm³/mol. The fraction of sp³-hybridized carbons (Fsp3) is 0.562. The van der Waals surface area contributed by atoms with Crippen molar-refractivity contribution in [1.82, 2.24) is 15.2 Å². The Bertz CT molecular complexity index is 563. The molecule has 1 aromatic rings. The molecule has 3 amide bonds. The lowest BCUT2D eigenvalue weighted by Gasteiger charge is -2.32. The molecule has 0 atom stereocenters. The number of aromatic nitrogens is 1. The van der Waals surface area contributed by atoms with Crippen molar-refractivity contribution in [1.29, 1.82) is 0 Å². The van der Waals surface area contributed by atoms with Gasteiger partial charge >= 0.3 is 6.03 Å². The standard InChI is InChI=1S/C16H22N4O2/c1-11-10-17-7-4-14(11)19-16(22)20-8-5-13(6-9-20)18-15(21)12-2-3-12/h4,7,10,12-13H,2-3,5-6,8-9H2,1H3,(H,18,21)(H,17,19,22). The summed E-state index contributed by atoms with van der Waals surface area (Å²) in [6, 6.07) is 1.93. The molecule has 2 N–H and O–H groups in total. The Labute approximate surface area is 130 Å². The van der Waals surface area contributed by atoms with Gasteiger partial charge < -0.3 is 15.5 Å². The first kappa shape index (κ1) is 14.8. The number of nitrogens with zero attached hydrogens (tertiary/aromatic N) is 2. The number of carbonyl (C=O) groups is 2. The van der Waals surface area contributed by atoms with Crippen molar-refractivity contribution in [2.45, 2.75) is 38.6 Å².